The van der Waals surface area contributed by atoms with Gasteiger partial charge in [0.15, 0.2) is 0 Å². The topological polar surface area (TPSA) is 83.3 Å². The average molecular weight is 376 g/mol. The number of carbonyl (C=O) groups is 1. The highest BCUT2D eigenvalue weighted by atomic mass is 16.3. The Morgan fingerprint density at radius 3 is 2.81 bits per heavy atom. The third-order valence-electron chi connectivity index (χ3n) is 6.74. The van der Waals surface area contributed by atoms with Crippen molar-refractivity contribution in [1.29, 1.82) is 0 Å². The van der Waals surface area contributed by atoms with Gasteiger partial charge in [-0.2, -0.15) is 0 Å². The van der Waals surface area contributed by atoms with Crippen molar-refractivity contribution in [1.82, 2.24) is 25.2 Å². The fourth-order valence-electron chi connectivity index (χ4n) is 5.23. The van der Waals surface area contributed by atoms with E-state index in [2.05, 4.69) is 20.5 Å². The SMILES string of the molecule is CC(C)NC(=O)[C@@H]1CN2CC[C@H]1C[C@@H]2Cn1cc(C2(O)CCCCC2)nn1. The maximum Gasteiger partial charge on any atom is 0.224 e. The van der Waals surface area contributed by atoms with Gasteiger partial charge in [0.25, 0.3) is 0 Å². The van der Waals surface area contributed by atoms with Crippen molar-refractivity contribution in [2.45, 2.75) is 83.0 Å². The predicted molar refractivity (Wildman–Crippen MR) is 102 cm³/mol. The Bertz CT molecular complexity index is 667. The number of piperidine rings is 3. The summed E-state index contributed by atoms with van der Waals surface area (Å²) in [4.78, 5) is 14.9. The second-order valence-corrected chi connectivity index (χ2v) is 9.12. The predicted octanol–water partition coefficient (Wildman–Crippen LogP) is 1.66. The van der Waals surface area contributed by atoms with Crippen molar-refractivity contribution >= 4 is 5.91 Å². The summed E-state index contributed by atoms with van der Waals surface area (Å²) in [5, 5.41) is 22.6. The third kappa shape index (κ3) is 3.90. The van der Waals surface area contributed by atoms with Crippen LogP contribution in [0, 0.1) is 11.8 Å². The highest BCUT2D eigenvalue weighted by molar-refractivity contribution is 5.79. The van der Waals surface area contributed by atoms with E-state index in [0.29, 0.717) is 12.0 Å². The third-order valence-corrected chi connectivity index (χ3v) is 6.74. The van der Waals surface area contributed by atoms with Crippen LogP contribution < -0.4 is 5.32 Å². The molecule has 4 atom stereocenters. The molecule has 3 aliphatic heterocycles. The van der Waals surface area contributed by atoms with Gasteiger partial charge in [0.1, 0.15) is 11.3 Å². The van der Waals surface area contributed by atoms with Gasteiger partial charge in [-0.15, -0.1) is 5.10 Å². The van der Waals surface area contributed by atoms with Gasteiger partial charge in [-0.1, -0.05) is 24.5 Å². The standard InChI is InChI=1S/C20H33N5O2/c1-14(2)21-19(26)17-12-24-9-6-15(17)10-16(24)11-25-13-18(22-23-25)20(27)7-4-3-5-8-20/h13-17,27H,3-12H2,1-2H3,(H,21,26)/t15-,16+,17+/m0/s1. The van der Waals surface area contributed by atoms with E-state index < -0.39 is 5.60 Å². The quantitative estimate of drug-likeness (QED) is 0.818. The molecule has 1 aliphatic carbocycles. The monoisotopic (exact) mass is 375 g/mol. The zero-order valence-electron chi connectivity index (χ0n) is 16.6. The van der Waals surface area contributed by atoms with Crippen LogP contribution in [0.1, 0.15) is 64.5 Å². The molecule has 1 unspecified atom stereocenters. The first kappa shape index (κ1) is 18.9. The van der Waals surface area contributed by atoms with Crippen LogP contribution in [0.15, 0.2) is 6.20 Å². The molecule has 1 saturated carbocycles. The van der Waals surface area contributed by atoms with Crippen LogP contribution >= 0.6 is 0 Å². The molecule has 4 fully saturated rings. The van der Waals surface area contributed by atoms with E-state index in [4.69, 9.17) is 0 Å². The molecular weight excluding hydrogens is 342 g/mol. The van der Waals surface area contributed by atoms with Gasteiger partial charge in [-0.25, -0.2) is 0 Å². The minimum absolute atomic E-state index is 0.117. The Morgan fingerprint density at radius 2 is 2.15 bits per heavy atom. The number of nitrogens with zero attached hydrogens (tertiary/aromatic N) is 4. The van der Waals surface area contributed by atoms with E-state index in [0.717, 1.165) is 63.9 Å². The lowest BCUT2D eigenvalue weighted by Gasteiger charge is -2.49. The summed E-state index contributed by atoms with van der Waals surface area (Å²) in [7, 11) is 0. The van der Waals surface area contributed by atoms with Gasteiger partial charge in [-0.3, -0.25) is 14.4 Å². The van der Waals surface area contributed by atoms with E-state index in [-0.39, 0.29) is 17.9 Å². The number of hydrogen-bond donors (Lipinski definition) is 2. The Balaban J connectivity index is 1.38. The number of rotatable bonds is 5. The average Bonchev–Trinajstić information content (AvgIpc) is 3.12. The molecule has 4 aliphatic rings. The lowest BCUT2D eigenvalue weighted by atomic mass is 9.75. The van der Waals surface area contributed by atoms with Gasteiger partial charge in [0.2, 0.25) is 5.91 Å². The molecule has 5 rings (SSSR count). The van der Waals surface area contributed by atoms with E-state index in [1.54, 1.807) is 0 Å². The van der Waals surface area contributed by atoms with Crippen LogP contribution in [-0.2, 0) is 16.9 Å². The number of nitrogens with one attached hydrogen (secondary N) is 1. The Morgan fingerprint density at radius 1 is 1.37 bits per heavy atom. The molecule has 2 bridgehead atoms. The number of hydrogen-bond acceptors (Lipinski definition) is 5. The van der Waals surface area contributed by atoms with Crippen molar-refractivity contribution < 1.29 is 9.90 Å². The van der Waals surface area contributed by atoms with Gasteiger partial charge in [-0.05, 0) is 52.0 Å². The van der Waals surface area contributed by atoms with Crippen LogP contribution in [0.4, 0.5) is 0 Å². The van der Waals surface area contributed by atoms with Crippen molar-refractivity contribution in [3.05, 3.63) is 11.9 Å². The van der Waals surface area contributed by atoms with Crippen LogP contribution in [0.25, 0.3) is 0 Å². The Labute approximate surface area is 161 Å². The van der Waals surface area contributed by atoms with Crippen molar-refractivity contribution in [2.75, 3.05) is 13.1 Å². The number of aromatic nitrogens is 3. The fourth-order valence-corrected chi connectivity index (χ4v) is 5.23. The maximum atomic E-state index is 12.5. The normalized spacial score (nSPS) is 32.6. The van der Waals surface area contributed by atoms with Crippen molar-refractivity contribution in [2.24, 2.45) is 11.8 Å². The van der Waals surface area contributed by atoms with E-state index in [1.807, 2.05) is 24.7 Å². The van der Waals surface area contributed by atoms with Gasteiger partial charge in [0.05, 0.1) is 18.7 Å². The smallest absolute Gasteiger partial charge is 0.224 e. The summed E-state index contributed by atoms with van der Waals surface area (Å²) in [6, 6.07) is 0.602. The van der Waals surface area contributed by atoms with Gasteiger partial charge >= 0.3 is 0 Å². The van der Waals surface area contributed by atoms with Gasteiger partial charge < -0.3 is 10.4 Å². The van der Waals surface area contributed by atoms with Crippen LogP contribution in [0.5, 0.6) is 0 Å². The first-order valence-electron chi connectivity index (χ1n) is 10.6. The molecule has 0 radical (unpaired) electrons. The van der Waals surface area contributed by atoms with Crippen molar-refractivity contribution in [3.8, 4) is 0 Å². The van der Waals surface area contributed by atoms with Crippen LogP contribution in [-0.4, -0.2) is 56.1 Å². The second kappa shape index (κ2) is 7.51. The number of amides is 1. The van der Waals surface area contributed by atoms with Gasteiger partial charge in [0, 0.05) is 18.6 Å². The van der Waals surface area contributed by atoms with E-state index in [9.17, 15) is 9.90 Å². The summed E-state index contributed by atoms with van der Waals surface area (Å²) >= 11 is 0. The summed E-state index contributed by atoms with van der Waals surface area (Å²) in [6.45, 7) is 6.74. The lowest BCUT2D eigenvalue weighted by Crippen LogP contribution is -2.58. The summed E-state index contributed by atoms with van der Waals surface area (Å²) in [5.74, 6) is 0.789. The molecule has 4 heterocycles. The zero-order valence-corrected chi connectivity index (χ0v) is 16.6. The minimum atomic E-state index is -0.789. The van der Waals surface area contributed by atoms with Crippen LogP contribution in [0.3, 0.4) is 0 Å². The molecule has 3 saturated heterocycles. The van der Waals surface area contributed by atoms with Crippen molar-refractivity contribution in [3.63, 3.8) is 0 Å². The second-order valence-electron chi connectivity index (χ2n) is 9.12. The number of carbonyl (C=O) groups excluding carboxylic acids is 1. The first-order chi connectivity index (χ1) is 12.9. The Hall–Kier alpha value is -1.47. The fraction of sp³-hybridized carbons (Fsp3) is 0.850. The Kier molecular flexibility index (Phi) is 5.25. The molecule has 0 spiro atoms. The number of fused-ring (bicyclic) bond motifs is 3. The lowest BCUT2D eigenvalue weighted by molar-refractivity contribution is -0.133. The summed E-state index contributed by atoms with van der Waals surface area (Å²) in [6.07, 6.45) is 8.97. The van der Waals surface area contributed by atoms with Crippen LogP contribution in [0.2, 0.25) is 0 Å². The molecule has 7 nitrogen and oxygen atoms in total. The molecule has 150 valence electrons. The minimum Gasteiger partial charge on any atom is -0.383 e. The molecule has 1 amide bonds. The number of aliphatic hydroxyl groups is 1. The molecule has 1 aromatic heterocycles. The molecule has 1 aromatic rings. The zero-order chi connectivity index (χ0) is 19.0. The molecular formula is C20H33N5O2. The molecule has 27 heavy (non-hydrogen) atoms. The summed E-state index contributed by atoms with van der Waals surface area (Å²) < 4.78 is 1.90. The van der Waals surface area contributed by atoms with E-state index >= 15 is 0 Å². The highest BCUT2D eigenvalue weighted by Gasteiger charge is 2.43. The first-order valence-corrected chi connectivity index (χ1v) is 10.6. The molecule has 2 N–H and O–H groups in total. The van der Waals surface area contributed by atoms with E-state index in [1.165, 1.54) is 6.42 Å². The summed E-state index contributed by atoms with van der Waals surface area (Å²) in [5.41, 5.74) is -0.0603. The molecule has 7 heteroatoms. The highest BCUT2D eigenvalue weighted by Crippen LogP contribution is 2.38. The molecule has 0 aromatic carbocycles. The largest absolute Gasteiger partial charge is 0.383 e. The maximum absolute atomic E-state index is 12.5.